The Kier molecular flexibility index (Phi) is 6.22. The van der Waals surface area contributed by atoms with Crippen LogP contribution in [0.25, 0.3) is 10.9 Å². The predicted octanol–water partition coefficient (Wildman–Crippen LogP) is 4.22. The fraction of sp³-hybridized carbons (Fsp3) is 0.308. The van der Waals surface area contributed by atoms with Crippen molar-refractivity contribution in [1.82, 2.24) is 19.8 Å². The summed E-state index contributed by atoms with van der Waals surface area (Å²) in [5.41, 5.74) is 3.84. The number of fused-ring (bicyclic) bond motifs is 2. The molecule has 1 amide bonds. The number of para-hydroxylation sites is 1. The summed E-state index contributed by atoms with van der Waals surface area (Å²) < 4.78 is 16.7. The van der Waals surface area contributed by atoms with Gasteiger partial charge in [0.15, 0.2) is 17.2 Å². The number of nitrogens with one attached hydrogen (secondary N) is 1. The summed E-state index contributed by atoms with van der Waals surface area (Å²) in [5, 5.41) is 1.23. The van der Waals surface area contributed by atoms with Gasteiger partial charge in [0.25, 0.3) is 5.91 Å². The number of aromatic amines is 1. The highest BCUT2D eigenvalue weighted by molar-refractivity contribution is 5.91. The van der Waals surface area contributed by atoms with E-state index in [0.717, 1.165) is 35.5 Å². The van der Waals surface area contributed by atoms with Crippen LogP contribution in [0.15, 0.2) is 59.3 Å². The Hall–Kier alpha value is -3.78. The molecule has 176 valence electrons. The van der Waals surface area contributed by atoms with Crippen molar-refractivity contribution in [3.8, 4) is 11.5 Å². The zero-order valence-electron chi connectivity index (χ0n) is 19.4. The van der Waals surface area contributed by atoms with Crippen molar-refractivity contribution in [2.24, 2.45) is 0 Å². The maximum Gasteiger partial charge on any atom is 0.275 e. The van der Waals surface area contributed by atoms with Gasteiger partial charge in [0, 0.05) is 43.8 Å². The molecule has 0 aliphatic carbocycles. The number of nitrogens with zero attached hydrogens (tertiary/aromatic N) is 3. The van der Waals surface area contributed by atoms with Gasteiger partial charge >= 0.3 is 0 Å². The maximum absolute atomic E-state index is 12.4. The van der Waals surface area contributed by atoms with Crippen LogP contribution < -0.4 is 9.47 Å². The second-order valence-corrected chi connectivity index (χ2v) is 8.45. The van der Waals surface area contributed by atoms with Gasteiger partial charge < -0.3 is 23.8 Å². The van der Waals surface area contributed by atoms with Crippen LogP contribution in [0.5, 0.6) is 11.5 Å². The molecule has 0 unspecified atom stereocenters. The molecule has 0 saturated heterocycles. The summed E-state index contributed by atoms with van der Waals surface area (Å²) in [6, 6.07) is 14.3. The number of amides is 1. The van der Waals surface area contributed by atoms with Crippen LogP contribution in [0.4, 0.5) is 0 Å². The molecule has 8 heteroatoms. The van der Waals surface area contributed by atoms with Gasteiger partial charge in [-0.15, -0.1) is 0 Å². The molecule has 0 fully saturated rings. The molecule has 0 bridgehead atoms. The highest BCUT2D eigenvalue weighted by Crippen LogP contribution is 2.33. The molecular weight excluding hydrogens is 432 g/mol. The smallest absolute Gasteiger partial charge is 0.275 e. The maximum atomic E-state index is 12.4. The van der Waals surface area contributed by atoms with E-state index in [1.807, 2.05) is 31.2 Å². The molecule has 1 aliphatic heterocycles. The first-order valence-electron chi connectivity index (χ1n) is 11.5. The van der Waals surface area contributed by atoms with Gasteiger partial charge in [0.2, 0.25) is 12.7 Å². The Morgan fingerprint density at radius 1 is 1.12 bits per heavy atom. The summed E-state index contributed by atoms with van der Waals surface area (Å²) in [5.74, 6) is 1.91. The van der Waals surface area contributed by atoms with Crippen molar-refractivity contribution >= 4 is 16.8 Å². The number of hydrogen-bond acceptors (Lipinski definition) is 6. The molecule has 1 N–H and O–H groups in total. The second-order valence-electron chi connectivity index (χ2n) is 8.45. The highest BCUT2D eigenvalue weighted by atomic mass is 16.7. The minimum absolute atomic E-state index is 0.140. The normalized spacial score (nSPS) is 12.6. The number of ether oxygens (including phenoxy) is 2. The van der Waals surface area contributed by atoms with Crippen molar-refractivity contribution in [2.45, 2.75) is 26.4 Å². The molecular formula is C26H28N4O4. The largest absolute Gasteiger partial charge is 0.454 e. The SMILES string of the molecule is CCN(C)C(=O)c1coc(CN(CCc2c[nH]c3ccccc23)Cc2ccc3c(c2)OCO3)n1. The standard InChI is InChI=1S/C26H28N4O4/c1-3-29(2)26(31)22-16-32-25(28-22)15-30(14-18-8-9-23-24(12-18)34-17-33-23)11-10-19-13-27-21-7-5-4-6-20(19)21/h4-9,12-13,16,27H,3,10-11,14-15,17H2,1-2H3. The van der Waals surface area contributed by atoms with Crippen LogP contribution in [0.2, 0.25) is 0 Å². The van der Waals surface area contributed by atoms with E-state index in [0.29, 0.717) is 31.2 Å². The topological polar surface area (TPSA) is 83.8 Å². The van der Waals surface area contributed by atoms with Crippen molar-refractivity contribution in [2.75, 3.05) is 26.9 Å². The third-order valence-electron chi connectivity index (χ3n) is 6.17. The number of rotatable bonds is 9. The molecule has 0 radical (unpaired) electrons. The number of aromatic nitrogens is 2. The van der Waals surface area contributed by atoms with Gasteiger partial charge in [-0.1, -0.05) is 24.3 Å². The van der Waals surface area contributed by atoms with Gasteiger partial charge in [-0.05, 0) is 42.7 Å². The fourth-order valence-electron chi connectivity index (χ4n) is 4.14. The summed E-state index contributed by atoms with van der Waals surface area (Å²) in [7, 11) is 1.75. The second kappa shape index (κ2) is 9.61. The number of hydrogen-bond donors (Lipinski definition) is 1. The molecule has 4 aromatic rings. The Morgan fingerprint density at radius 3 is 2.85 bits per heavy atom. The molecule has 3 heterocycles. The van der Waals surface area contributed by atoms with E-state index >= 15 is 0 Å². The van der Waals surface area contributed by atoms with Gasteiger partial charge in [-0.3, -0.25) is 9.69 Å². The third-order valence-corrected chi connectivity index (χ3v) is 6.17. The molecule has 0 saturated carbocycles. The van der Waals surface area contributed by atoms with Crippen LogP contribution in [0.1, 0.15) is 34.4 Å². The molecule has 1 aliphatic rings. The lowest BCUT2D eigenvalue weighted by Crippen LogP contribution is -2.27. The van der Waals surface area contributed by atoms with E-state index < -0.39 is 0 Å². The lowest BCUT2D eigenvalue weighted by Gasteiger charge is -2.21. The molecule has 5 rings (SSSR count). The van der Waals surface area contributed by atoms with Crippen LogP contribution >= 0.6 is 0 Å². The molecule has 2 aromatic heterocycles. The first kappa shape index (κ1) is 22.0. The van der Waals surface area contributed by atoms with Crippen LogP contribution in [0, 0.1) is 0 Å². The summed E-state index contributed by atoms with van der Waals surface area (Å²) in [4.78, 5) is 24.1. The third kappa shape index (κ3) is 4.63. The summed E-state index contributed by atoms with van der Waals surface area (Å²) in [6.45, 7) is 4.75. The van der Waals surface area contributed by atoms with E-state index in [1.165, 1.54) is 17.2 Å². The van der Waals surface area contributed by atoms with Crippen molar-refractivity contribution in [3.05, 3.63) is 77.6 Å². The van der Waals surface area contributed by atoms with Gasteiger partial charge in [-0.2, -0.15) is 0 Å². The van der Waals surface area contributed by atoms with Gasteiger partial charge in [-0.25, -0.2) is 4.98 Å². The zero-order valence-corrected chi connectivity index (χ0v) is 19.4. The molecule has 0 atom stereocenters. The van der Waals surface area contributed by atoms with Crippen molar-refractivity contribution < 1.29 is 18.7 Å². The first-order chi connectivity index (χ1) is 16.6. The molecule has 2 aromatic carbocycles. The Morgan fingerprint density at radius 2 is 1.97 bits per heavy atom. The van der Waals surface area contributed by atoms with E-state index in [9.17, 15) is 4.79 Å². The van der Waals surface area contributed by atoms with Crippen molar-refractivity contribution in [1.29, 1.82) is 0 Å². The van der Waals surface area contributed by atoms with Gasteiger partial charge in [0.1, 0.15) is 6.26 Å². The molecule has 0 spiro atoms. The number of H-pyrrole nitrogens is 1. The monoisotopic (exact) mass is 460 g/mol. The van der Waals surface area contributed by atoms with E-state index in [-0.39, 0.29) is 12.7 Å². The minimum atomic E-state index is -0.140. The fourth-order valence-corrected chi connectivity index (χ4v) is 4.14. The summed E-state index contributed by atoms with van der Waals surface area (Å²) in [6.07, 6.45) is 4.38. The predicted molar refractivity (Wildman–Crippen MR) is 128 cm³/mol. The van der Waals surface area contributed by atoms with Crippen LogP contribution in [0.3, 0.4) is 0 Å². The summed E-state index contributed by atoms with van der Waals surface area (Å²) >= 11 is 0. The van der Waals surface area contributed by atoms with E-state index in [1.54, 1.807) is 11.9 Å². The van der Waals surface area contributed by atoms with Crippen LogP contribution in [-0.4, -0.2) is 52.6 Å². The van der Waals surface area contributed by atoms with Crippen LogP contribution in [-0.2, 0) is 19.5 Å². The Bertz CT molecular complexity index is 1290. The minimum Gasteiger partial charge on any atom is -0.454 e. The number of carbonyl (C=O) groups excluding carboxylic acids is 1. The molecule has 34 heavy (non-hydrogen) atoms. The Balaban J connectivity index is 1.34. The number of oxazole rings is 1. The number of carbonyl (C=O) groups is 1. The average Bonchev–Trinajstić information content (AvgIpc) is 3.61. The average molecular weight is 461 g/mol. The zero-order chi connectivity index (χ0) is 23.5. The lowest BCUT2D eigenvalue weighted by atomic mass is 10.1. The first-order valence-corrected chi connectivity index (χ1v) is 11.5. The Labute approximate surface area is 198 Å². The highest BCUT2D eigenvalue weighted by Gasteiger charge is 2.19. The van der Waals surface area contributed by atoms with E-state index in [2.05, 4.69) is 39.3 Å². The quantitative estimate of drug-likeness (QED) is 0.403. The number of benzene rings is 2. The lowest BCUT2D eigenvalue weighted by molar-refractivity contribution is 0.0796. The van der Waals surface area contributed by atoms with Crippen molar-refractivity contribution in [3.63, 3.8) is 0 Å². The molecule has 8 nitrogen and oxygen atoms in total. The van der Waals surface area contributed by atoms with Gasteiger partial charge in [0.05, 0.1) is 6.54 Å². The van der Waals surface area contributed by atoms with E-state index in [4.69, 9.17) is 13.9 Å².